The summed E-state index contributed by atoms with van der Waals surface area (Å²) in [5.74, 6) is -0.266. The SMILES string of the molecule is CCOC(=O)c1c(NC(=S)Nc2ccc3ccccc3c2)sc2c1CCCC2. The number of thiocarbonyl (C=S) groups is 1. The summed E-state index contributed by atoms with van der Waals surface area (Å²) >= 11 is 7.14. The zero-order valence-electron chi connectivity index (χ0n) is 15.7. The minimum absolute atomic E-state index is 0.266. The Kier molecular flexibility index (Phi) is 5.59. The van der Waals surface area contributed by atoms with E-state index in [0.29, 0.717) is 17.3 Å². The van der Waals surface area contributed by atoms with Gasteiger partial charge in [0.15, 0.2) is 5.11 Å². The number of benzene rings is 2. The fourth-order valence-corrected chi connectivity index (χ4v) is 5.17. The highest BCUT2D eigenvalue weighted by molar-refractivity contribution is 7.80. The molecule has 0 saturated heterocycles. The van der Waals surface area contributed by atoms with Crippen LogP contribution in [-0.4, -0.2) is 17.7 Å². The predicted octanol–water partition coefficient (Wildman–Crippen LogP) is 5.77. The van der Waals surface area contributed by atoms with Crippen LogP contribution in [0.1, 0.15) is 40.6 Å². The Labute approximate surface area is 173 Å². The number of nitrogens with one attached hydrogen (secondary N) is 2. The third-order valence-electron chi connectivity index (χ3n) is 4.89. The maximum Gasteiger partial charge on any atom is 0.341 e. The summed E-state index contributed by atoms with van der Waals surface area (Å²) in [6.07, 6.45) is 4.20. The van der Waals surface area contributed by atoms with Crippen LogP contribution in [0.2, 0.25) is 0 Å². The van der Waals surface area contributed by atoms with E-state index in [9.17, 15) is 4.79 Å². The second kappa shape index (κ2) is 8.29. The van der Waals surface area contributed by atoms with Gasteiger partial charge < -0.3 is 15.4 Å². The molecule has 28 heavy (non-hydrogen) atoms. The van der Waals surface area contributed by atoms with Gasteiger partial charge in [-0.2, -0.15) is 0 Å². The first-order valence-corrected chi connectivity index (χ1v) is 10.8. The number of ether oxygens (including phenoxy) is 1. The second-order valence-corrected chi connectivity index (χ2v) is 8.29. The van der Waals surface area contributed by atoms with Gasteiger partial charge in [0.05, 0.1) is 12.2 Å². The third-order valence-corrected chi connectivity index (χ3v) is 6.30. The van der Waals surface area contributed by atoms with Crippen LogP contribution in [0.15, 0.2) is 42.5 Å². The highest BCUT2D eigenvalue weighted by Gasteiger charge is 2.26. The molecule has 0 aliphatic heterocycles. The van der Waals surface area contributed by atoms with Gasteiger partial charge in [0.1, 0.15) is 5.00 Å². The van der Waals surface area contributed by atoms with Crippen molar-refractivity contribution >= 4 is 56.1 Å². The molecule has 1 aromatic heterocycles. The molecule has 144 valence electrons. The summed E-state index contributed by atoms with van der Waals surface area (Å²) in [5, 5.41) is 10.1. The molecule has 0 amide bonds. The Balaban J connectivity index is 1.56. The molecule has 6 heteroatoms. The first-order valence-electron chi connectivity index (χ1n) is 9.54. The summed E-state index contributed by atoms with van der Waals surface area (Å²) in [6, 6.07) is 14.3. The lowest BCUT2D eigenvalue weighted by Gasteiger charge is -2.13. The normalized spacial score (nSPS) is 13.0. The van der Waals surface area contributed by atoms with Gasteiger partial charge in [-0.1, -0.05) is 30.3 Å². The van der Waals surface area contributed by atoms with Crippen molar-refractivity contribution in [2.75, 3.05) is 17.2 Å². The first-order chi connectivity index (χ1) is 13.7. The molecule has 0 atom stereocenters. The van der Waals surface area contributed by atoms with Crippen molar-refractivity contribution in [1.82, 2.24) is 0 Å². The molecule has 0 bridgehead atoms. The summed E-state index contributed by atoms with van der Waals surface area (Å²) in [6.45, 7) is 2.19. The van der Waals surface area contributed by atoms with Gasteiger partial charge in [-0.05, 0) is 73.3 Å². The Morgan fingerprint density at radius 3 is 2.71 bits per heavy atom. The van der Waals surface area contributed by atoms with Crippen molar-refractivity contribution in [1.29, 1.82) is 0 Å². The maximum atomic E-state index is 12.6. The van der Waals surface area contributed by atoms with Crippen molar-refractivity contribution in [3.05, 3.63) is 58.5 Å². The fourth-order valence-electron chi connectivity index (χ4n) is 3.61. The van der Waals surface area contributed by atoms with E-state index in [2.05, 4.69) is 34.9 Å². The first kappa shape index (κ1) is 18.9. The largest absolute Gasteiger partial charge is 0.462 e. The van der Waals surface area contributed by atoms with E-state index in [0.717, 1.165) is 47.3 Å². The molecule has 0 spiro atoms. The van der Waals surface area contributed by atoms with Gasteiger partial charge in [-0.15, -0.1) is 11.3 Å². The van der Waals surface area contributed by atoms with Crippen molar-refractivity contribution in [2.24, 2.45) is 0 Å². The molecular weight excluding hydrogens is 388 g/mol. The molecule has 0 saturated carbocycles. The zero-order valence-corrected chi connectivity index (χ0v) is 17.3. The van der Waals surface area contributed by atoms with E-state index < -0.39 is 0 Å². The Hall–Kier alpha value is -2.44. The number of thiophene rings is 1. The molecule has 0 unspecified atom stereocenters. The lowest BCUT2D eigenvalue weighted by atomic mass is 9.95. The molecule has 4 rings (SSSR count). The summed E-state index contributed by atoms with van der Waals surface area (Å²) in [4.78, 5) is 13.8. The van der Waals surface area contributed by atoms with Gasteiger partial charge >= 0.3 is 5.97 Å². The van der Waals surface area contributed by atoms with E-state index in [1.807, 2.05) is 25.1 Å². The van der Waals surface area contributed by atoms with E-state index in [4.69, 9.17) is 17.0 Å². The standard InChI is InChI=1S/C22H22N2O2S2/c1-2-26-21(25)19-17-9-5-6-10-18(17)28-20(19)24-22(27)23-16-12-11-14-7-3-4-8-15(14)13-16/h3-4,7-8,11-13H,2,5-6,9-10H2,1H3,(H2,23,24,27). The quantitative estimate of drug-likeness (QED) is 0.423. The van der Waals surface area contributed by atoms with Crippen LogP contribution in [0.3, 0.4) is 0 Å². The minimum atomic E-state index is -0.266. The number of anilines is 2. The van der Waals surface area contributed by atoms with Gasteiger partial charge in [-0.3, -0.25) is 0 Å². The molecule has 1 aliphatic rings. The monoisotopic (exact) mass is 410 g/mol. The van der Waals surface area contributed by atoms with Crippen LogP contribution in [0, 0.1) is 0 Å². The number of hydrogen-bond donors (Lipinski definition) is 2. The molecule has 0 radical (unpaired) electrons. The number of carbonyl (C=O) groups is 1. The Morgan fingerprint density at radius 2 is 1.89 bits per heavy atom. The van der Waals surface area contributed by atoms with Crippen molar-refractivity contribution in [3.63, 3.8) is 0 Å². The molecular formula is C22H22N2O2S2. The Bertz CT molecular complexity index is 1040. The summed E-state index contributed by atoms with van der Waals surface area (Å²) < 4.78 is 5.31. The minimum Gasteiger partial charge on any atom is -0.462 e. The van der Waals surface area contributed by atoms with Crippen LogP contribution in [-0.2, 0) is 17.6 Å². The molecule has 2 aromatic carbocycles. The van der Waals surface area contributed by atoms with Crippen LogP contribution in [0.4, 0.5) is 10.7 Å². The highest BCUT2D eigenvalue weighted by atomic mass is 32.1. The average Bonchev–Trinajstić information content (AvgIpc) is 3.05. The molecule has 1 aliphatic carbocycles. The lowest BCUT2D eigenvalue weighted by Crippen LogP contribution is -2.20. The number of aryl methyl sites for hydroxylation is 1. The Morgan fingerprint density at radius 1 is 1.11 bits per heavy atom. The van der Waals surface area contributed by atoms with Gasteiger partial charge in [0.2, 0.25) is 0 Å². The lowest BCUT2D eigenvalue weighted by molar-refractivity contribution is 0.0526. The highest BCUT2D eigenvalue weighted by Crippen LogP contribution is 2.38. The molecule has 1 heterocycles. The number of fused-ring (bicyclic) bond motifs is 2. The molecule has 3 aromatic rings. The zero-order chi connectivity index (χ0) is 19.5. The van der Waals surface area contributed by atoms with Crippen LogP contribution < -0.4 is 10.6 Å². The van der Waals surface area contributed by atoms with Crippen molar-refractivity contribution in [2.45, 2.75) is 32.6 Å². The maximum absolute atomic E-state index is 12.6. The van der Waals surface area contributed by atoms with Crippen LogP contribution in [0.25, 0.3) is 10.8 Å². The van der Waals surface area contributed by atoms with Crippen LogP contribution in [0.5, 0.6) is 0 Å². The average molecular weight is 411 g/mol. The topological polar surface area (TPSA) is 50.4 Å². The van der Waals surface area contributed by atoms with Crippen molar-refractivity contribution in [3.8, 4) is 0 Å². The summed E-state index contributed by atoms with van der Waals surface area (Å²) in [5.41, 5.74) is 2.70. The van der Waals surface area contributed by atoms with Crippen LogP contribution >= 0.6 is 23.6 Å². The molecule has 2 N–H and O–H groups in total. The number of rotatable bonds is 4. The predicted molar refractivity (Wildman–Crippen MR) is 121 cm³/mol. The van der Waals surface area contributed by atoms with E-state index in [1.54, 1.807) is 11.3 Å². The van der Waals surface area contributed by atoms with Crippen molar-refractivity contribution < 1.29 is 9.53 Å². The number of hydrogen-bond acceptors (Lipinski definition) is 4. The number of esters is 1. The number of carbonyl (C=O) groups excluding carboxylic acids is 1. The van der Waals surface area contributed by atoms with Gasteiger partial charge in [-0.25, -0.2) is 4.79 Å². The summed E-state index contributed by atoms with van der Waals surface area (Å²) in [7, 11) is 0. The van der Waals surface area contributed by atoms with Gasteiger partial charge in [0, 0.05) is 10.6 Å². The molecule has 4 nitrogen and oxygen atoms in total. The molecule has 0 fully saturated rings. The fraction of sp³-hybridized carbons (Fsp3) is 0.273. The van der Waals surface area contributed by atoms with E-state index >= 15 is 0 Å². The third kappa shape index (κ3) is 3.88. The van der Waals surface area contributed by atoms with E-state index in [-0.39, 0.29) is 5.97 Å². The van der Waals surface area contributed by atoms with Gasteiger partial charge in [0.25, 0.3) is 0 Å². The van der Waals surface area contributed by atoms with E-state index in [1.165, 1.54) is 10.3 Å². The second-order valence-electron chi connectivity index (χ2n) is 6.78. The smallest absolute Gasteiger partial charge is 0.341 e.